The molecule has 1 rings (SSSR count). The Kier molecular flexibility index (Phi) is 6.25. The van der Waals surface area contributed by atoms with Crippen LogP contribution in [0.1, 0.15) is 38.8 Å². The highest BCUT2D eigenvalue weighted by molar-refractivity contribution is 5.82. The summed E-state index contributed by atoms with van der Waals surface area (Å²) in [7, 11) is 0. The minimum atomic E-state index is -0.562. The number of carbonyl (C=O) groups excluding carboxylic acids is 1. The zero-order valence-corrected chi connectivity index (χ0v) is 12.4. The molecule has 1 amide bonds. The molecule has 1 aromatic carbocycles. The van der Waals surface area contributed by atoms with Gasteiger partial charge in [-0.15, -0.1) is 6.58 Å². The molecule has 0 spiro atoms. The molecule has 1 aromatic rings. The van der Waals surface area contributed by atoms with Gasteiger partial charge in [-0.2, -0.15) is 0 Å². The summed E-state index contributed by atoms with van der Waals surface area (Å²) in [4.78, 5) is 11.9. The van der Waals surface area contributed by atoms with E-state index in [-0.39, 0.29) is 18.1 Å². The number of para-hydroxylation sites is 1. The largest absolute Gasteiger partial charge is 0.491 e. The third-order valence-electron chi connectivity index (χ3n) is 2.86. The fourth-order valence-corrected chi connectivity index (χ4v) is 1.88. The van der Waals surface area contributed by atoms with E-state index in [9.17, 15) is 4.79 Å². The van der Waals surface area contributed by atoms with Crippen molar-refractivity contribution in [2.45, 2.75) is 45.4 Å². The van der Waals surface area contributed by atoms with Gasteiger partial charge in [-0.25, -0.2) is 0 Å². The molecule has 0 saturated carbocycles. The first-order valence-electron chi connectivity index (χ1n) is 6.88. The van der Waals surface area contributed by atoms with Gasteiger partial charge in [-0.05, 0) is 33.3 Å². The summed E-state index contributed by atoms with van der Waals surface area (Å²) in [6, 6.07) is 6.97. The quantitative estimate of drug-likeness (QED) is 0.752. The number of amides is 1. The number of hydrogen-bond acceptors (Lipinski definition) is 3. The Morgan fingerprint density at radius 2 is 2.05 bits per heavy atom. The number of nitrogens with one attached hydrogen (secondary N) is 1. The zero-order chi connectivity index (χ0) is 15.1. The van der Waals surface area contributed by atoms with Crippen LogP contribution in [0.3, 0.4) is 0 Å². The highest BCUT2D eigenvalue weighted by Gasteiger charge is 2.18. The smallest absolute Gasteiger partial charge is 0.237 e. The van der Waals surface area contributed by atoms with E-state index in [2.05, 4.69) is 11.9 Å². The summed E-state index contributed by atoms with van der Waals surface area (Å²) in [6.45, 7) is 9.45. The van der Waals surface area contributed by atoms with Crippen LogP contribution in [0.4, 0.5) is 0 Å². The van der Waals surface area contributed by atoms with E-state index in [0.717, 1.165) is 11.3 Å². The lowest BCUT2D eigenvalue weighted by molar-refractivity contribution is -0.122. The van der Waals surface area contributed by atoms with Crippen LogP contribution in [0.25, 0.3) is 0 Å². The summed E-state index contributed by atoms with van der Waals surface area (Å²) in [5.41, 5.74) is 6.70. The molecule has 0 radical (unpaired) electrons. The molecule has 0 aliphatic carbocycles. The molecule has 3 N–H and O–H groups in total. The Morgan fingerprint density at radius 3 is 2.65 bits per heavy atom. The minimum Gasteiger partial charge on any atom is -0.491 e. The van der Waals surface area contributed by atoms with Crippen LogP contribution >= 0.6 is 0 Å². The van der Waals surface area contributed by atoms with Gasteiger partial charge in [0.25, 0.3) is 0 Å². The molecule has 0 aliphatic heterocycles. The molecule has 110 valence electrons. The molecule has 2 unspecified atom stereocenters. The van der Waals surface area contributed by atoms with Crippen molar-refractivity contribution in [2.24, 2.45) is 5.73 Å². The van der Waals surface area contributed by atoms with Crippen molar-refractivity contribution >= 4 is 5.91 Å². The Bertz CT molecular complexity index is 458. The monoisotopic (exact) mass is 276 g/mol. The predicted octanol–water partition coefficient (Wildman–Crippen LogP) is 2.55. The molecule has 0 heterocycles. The number of ether oxygens (including phenoxy) is 1. The number of benzene rings is 1. The summed E-state index contributed by atoms with van der Waals surface area (Å²) in [5, 5.41) is 2.90. The first kappa shape index (κ1) is 16.2. The molecule has 0 saturated heterocycles. The normalized spacial score (nSPS) is 13.7. The second-order valence-electron chi connectivity index (χ2n) is 5.07. The summed E-state index contributed by atoms with van der Waals surface area (Å²) in [6.07, 6.45) is 2.19. The van der Waals surface area contributed by atoms with Gasteiger partial charge >= 0.3 is 0 Å². The summed E-state index contributed by atoms with van der Waals surface area (Å²) >= 11 is 0. The van der Waals surface area contributed by atoms with E-state index in [1.54, 1.807) is 6.08 Å². The van der Waals surface area contributed by atoms with E-state index in [0.29, 0.717) is 6.42 Å². The third-order valence-corrected chi connectivity index (χ3v) is 2.86. The van der Waals surface area contributed by atoms with Crippen molar-refractivity contribution in [1.82, 2.24) is 5.32 Å². The fraction of sp³-hybridized carbons (Fsp3) is 0.438. The van der Waals surface area contributed by atoms with Crippen molar-refractivity contribution < 1.29 is 9.53 Å². The minimum absolute atomic E-state index is 0.0853. The first-order chi connectivity index (χ1) is 9.45. The topological polar surface area (TPSA) is 64.4 Å². The van der Waals surface area contributed by atoms with Gasteiger partial charge in [-0.1, -0.05) is 24.3 Å². The van der Waals surface area contributed by atoms with Gasteiger partial charge in [0.05, 0.1) is 18.2 Å². The molecule has 4 nitrogen and oxygen atoms in total. The molecular formula is C16H24N2O2. The molecule has 0 fully saturated rings. The van der Waals surface area contributed by atoms with Crippen molar-refractivity contribution in [2.75, 3.05) is 0 Å². The maximum absolute atomic E-state index is 11.9. The number of nitrogens with two attached hydrogens (primary N) is 1. The highest BCUT2D eigenvalue weighted by Crippen LogP contribution is 2.25. The van der Waals surface area contributed by atoms with Gasteiger partial charge in [0, 0.05) is 5.56 Å². The van der Waals surface area contributed by atoms with Crippen LogP contribution in [-0.4, -0.2) is 18.1 Å². The molecule has 2 atom stereocenters. The third kappa shape index (κ3) is 4.70. The second kappa shape index (κ2) is 7.70. The second-order valence-corrected chi connectivity index (χ2v) is 5.07. The van der Waals surface area contributed by atoms with E-state index in [4.69, 9.17) is 10.5 Å². The lowest BCUT2D eigenvalue weighted by Gasteiger charge is -2.21. The SMILES string of the molecule is C=CCC(N)C(=O)NC(C)c1ccccc1OC(C)C. The van der Waals surface area contributed by atoms with E-state index < -0.39 is 6.04 Å². The van der Waals surface area contributed by atoms with Crippen molar-refractivity contribution in [1.29, 1.82) is 0 Å². The molecule has 20 heavy (non-hydrogen) atoms. The van der Waals surface area contributed by atoms with Gasteiger partial charge in [0.2, 0.25) is 5.91 Å². The molecule has 0 aliphatic rings. The van der Waals surface area contributed by atoms with Gasteiger partial charge in [0.15, 0.2) is 0 Å². The fourth-order valence-electron chi connectivity index (χ4n) is 1.88. The highest BCUT2D eigenvalue weighted by atomic mass is 16.5. The zero-order valence-electron chi connectivity index (χ0n) is 12.4. The van der Waals surface area contributed by atoms with Crippen molar-refractivity contribution in [3.63, 3.8) is 0 Å². The molecular weight excluding hydrogens is 252 g/mol. The van der Waals surface area contributed by atoms with E-state index in [1.165, 1.54) is 0 Å². The van der Waals surface area contributed by atoms with Crippen LogP contribution in [0, 0.1) is 0 Å². The number of rotatable bonds is 7. The van der Waals surface area contributed by atoms with Crippen LogP contribution < -0.4 is 15.8 Å². The predicted molar refractivity (Wildman–Crippen MR) is 81.6 cm³/mol. The Morgan fingerprint density at radius 1 is 1.40 bits per heavy atom. The lowest BCUT2D eigenvalue weighted by atomic mass is 10.1. The van der Waals surface area contributed by atoms with Gasteiger partial charge in [-0.3, -0.25) is 4.79 Å². The average molecular weight is 276 g/mol. The van der Waals surface area contributed by atoms with E-state index >= 15 is 0 Å². The van der Waals surface area contributed by atoms with E-state index in [1.807, 2.05) is 45.0 Å². The van der Waals surface area contributed by atoms with Crippen LogP contribution in [0.2, 0.25) is 0 Å². The maximum atomic E-state index is 11.9. The van der Waals surface area contributed by atoms with Crippen LogP contribution in [0.5, 0.6) is 5.75 Å². The molecule has 0 aromatic heterocycles. The van der Waals surface area contributed by atoms with Crippen molar-refractivity contribution in [3.8, 4) is 5.75 Å². The van der Waals surface area contributed by atoms with Gasteiger partial charge < -0.3 is 15.8 Å². The molecule has 4 heteroatoms. The van der Waals surface area contributed by atoms with Crippen molar-refractivity contribution in [3.05, 3.63) is 42.5 Å². The Labute approximate surface area is 121 Å². The van der Waals surface area contributed by atoms with Gasteiger partial charge in [0.1, 0.15) is 5.75 Å². The summed E-state index contributed by atoms with van der Waals surface area (Å²) in [5.74, 6) is 0.601. The maximum Gasteiger partial charge on any atom is 0.237 e. The molecule has 0 bridgehead atoms. The first-order valence-corrected chi connectivity index (χ1v) is 6.88. The summed E-state index contributed by atoms with van der Waals surface area (Å²) < 4.78 is 5.76. The standard InChI is InChI=1S/C16H24N2O2/c1-5-8-14(17)16(19)18-12(4)13-9-6-7-10-15(13)20-11(2)3/h5-7,9-12,14H,1,8,17H2,2-4H3,(H,18,19). The number of carbonyl (C=O) groups is 1. The average Bonchev–Trinajstić information content (AvgIpc) is 2.38. The lowest BCUT2D eigenvalue weighted by Crippen LogP contribution is -2.41. The number of hydrogen-bond donors (Lipinski definition) is 2. The Balaban J connectivity index is 2.79. The van der Waals surface area contributed by atoms with Crippen LogP contribution in [0.15, 0.2) is 36.9 Å². The Hall–Kier alpha value is -1.81. The van der Waals surface area contributed by atoms with Crippen LogP contribution in [-0.2, 0) is 4.79 Å².